The number of nitrogens with one attached hydrogen (secondary N) is 2. The zero-order valence-electron chi connectivity index (χ0n) is 18.6. The minimum Gasteiger partial charge on any atom is -0.477 e. The molecule has 2 aromatic carbocycles. The molecule has 188 valence electrons. The number of hydrogen-bond acceptors (Lipinski definition) is 9. The quantitative estimate of drug-likeness (QED) is 0.218. The number of pyridine rings is 1. The minimum atomic E-state index is -1.43. The lowest BCUT2D eigenvalue weighted by atomic mass is 10.1. The first-order chi connectivity index (χ1) is 17.7. The predicted molar refractivity (Wildman–Crippen MR) is 135 cm³/mol. The summed E-state index contributed by atoms with van der Waals surface area (Å²) in [6, 6.07) is 9.05. The van der Waals surface area contributed by atoms with E-state index in [9.17, 15) is 34.4 Å². The van der Waals surface area contributed by atoms with Gasteiger partial charge < -0.3 is 24.5 Å². The molecule has 1 atom stereocenters. The van der Waals surface area contributed by atoms with Crippen LogP contribution in [0.5, 0.6) is 0 Å². The summed E-state index contributed by atoms with van der Waals surface area (Å²) in [6.45, 7) is -0.432. The summed E-state index contributed by atoms with van der Waals surface area (Å²) in [5, 5.41) is 26.3. The Balaban J connectivity index is 1.66. The fraction of sp³-hybridized carbons (Fsp3) is 0.0870. The van der Waals surface area contributed by atoms with E-state index in [4.69, 9.17) is 4.74 Å². The van der Waals surface area contributed by atoms with Crippen molar-refractivity contribution in [3.05, 3.63) is 85.2 Å². The number of amides is 1. The van der Waals surface area contributed by atoms with Crippen LogP contribution in [-0.2, 0) is 20.9 Å². The lowest BCUT2D eigenvalue weighted by Crippen LogP contribution is -2.38. The molecule has 0 saturated carbocycles. The Bertz CT molecular complexity index is 1530. The summed E-state index contributed by atoms with van der Waals surface area (Å²) in [7, 11) is 0. The standard InChI is InChI=1S/C23H16BrN5O8/c24-13-3-1-2-4-14(13)27-23(34)37-11-12-9-28(6-5-20(12)31)18-7-16-15(8-19(18)29(35)36)25-17(10-30)21(26-16)22(32)33/h1-10,17,25H,11H2,(H,27,34)(H,32,33). The molecule has 3 N–H and O–H groups in total. The third kappa shape index (κ3) is 5.38. The third-order valence-corrected chi connectivity index (χ3v) is 5.93. The van der Waals surface area contributed by atoms with E-state index >= 15 is 0 Å². The van der Waals surface area contributed by atoms with E-state index in [1.54, 1.807) is 24.3 Å². The Morgan fingerprint density at radius 1 is 1.30 bits per heavy atom. The van der Waals surface area contributed by atoms with Crippen LogP contribution in [0.15, 0.2) is 69.1 Å². The Morgan fingerprint density at radius 3 is 2.73 bits per heavy atom. The summed E-state index contributed by atoms with van der Waals surface area (Å²) in [6.07, 6.45) is 2.03. The molecule has 3 aromatic rings. The number of ether oxygens (including phenoxy) is 1. The van der Waals surface area contributed by atoms with E-state index in [-0.39, 0.29) is 22.6 Å². The third-order valence-electron chi connectivity index (χ3n) is 5.24. The van der Waals surface area contributed by atoms with Crippen molar-refractivity contribution in [2.24, 2.45) is 4.99 Å². The average Bonchev–Trinajstić information content (AvgIpc) is 2.87. The van der Waals surface area contributed by atoms with E-state index in [1.165, 1.54) is 23.0 Å². The van der Waals surface area contributed by atoms with Crippen LogP contribution in [-0.4, -0.2) is 44.7 Å². The Morgan fingerprint density at radius 2 is 2.05 bits per heavy atom. The molecule has 0 spiro atoms. The molecule has 0 fully saturated rings. The zero-order chi connectivity index (χ0) is 26.7. The highest BCUT2D eigenvalue weighted by molar-refractivity contribution is 9.10. The number of carboxylic acid groups (broad SMARTS) is 1. The first kappa shape index (κ1) is 25.2. The van der Waals surface area contributed by atoms with Crippen molar-refractivity contribution in [1.82, 2.24) is 4.57 Å². The molecule has 37 heavy (non-hydrogen) atoms. The van der Waals surface area contributed by atoms with Crippen LogP contribution >= 0.6 is 15.9 Å². The van der Waals surface area contributed by atoms with E-state index in [0.717, 1.165) is 12.1 Å². The smallest absolute Gasteiger partial charge is 0.411 e. The van der Waals surface area contributed by atoms with Crippen LogP contribution in [0.2, 0.25) is 0 Å². The first-order valence-corrected chi connectivity index (χ1v) is 11.2. The molecule has 1 aliphatic rings. The van der Waals surface area contributed by atoms with E-state index in [0.29, 0.717) is 16.4 Å². The van der Waals surface area contributed by atoms with Gasteiger partial charge in [-0.3, -0.25) is 20.2 Å². The Kier molecular flexibility index (Phi) is 7.11. The Hall–Kier alpha value is -4.85. The maximum Gasteiger partial charge on any atom is 0.411 e. The molecule has 0 bridgehead atoms. The number of hydrogen-bond donors (Lipinski definition) is 3. The first-order valence-electron chi connectivity index (χ1n) is 10.4. The zero-order valence-corrected chi connectivity index (χ0v) is 20.2. The van der Waals surface area contributed by atoms with Crippen molar-refractivity contribution in [2.45, 2.75) is 12.6 Å². The number of rotatable bonds is 7. The van der Waals surface area contributed by atoms with Gasteiger partial charge in [0.2, 0.25) is 0 Å². The number of benzene rings is 2. The highest BCUT2D eigenvalue weighted by Crippen LogP contribution is 2.37. The topological polar surface area (TPSA) is 182 Å². The van der Waals surface area contributed by atoms with E-state index in [1.807, 2.05) is 0 Å². The number of nitrogens with zero attached hydrogens (tertiary/aromatic N) is 3. The molecule has 4 rings (SSSR count). The van der Waals surface area contributed by atoms with Gasteiger partial charge in [-0.05, 0) is 34.1 Å². The number of aromatic nitrogens is 1. The second-order valence-electron chi connectivity index (χ2n) is 7.60. The number of anilines is 2. The van der Waals surface area contributed by atoms with Gasteiger partial charge in [0.1, 0.15) is 24.6 Å². The maximum atomic E-state index is 12.4. The Labute approximate surface area is 215 Å². The number of carboxylic acids is 1. The molecule has 1 aliphatic heterocycles. The van der Waals surface area contributed by atoms with Crippen LogP contribution in [0, 0.1) is 10.1 Å². The molecule has 0 radical (unpaired) electrons. The monoisotopic (exact) mass is 569 g/mol. The van der Waals surface area contributed by atoms with Gasteiger partial charge >= 0.3 is 12.1 Å². The van der Waals surface area contributed by atoms with Gasteiger partial charge in [-0.15, -0.1) is 0 Å². The molecule has 14 heteroatoms. The summed E-state index contributed by atoms with van der Waals surface area (Å²) in [4.78, 5) is 62.4. The number of nitro groups is 1. The van der Waals surface area contributed by atoms with Crippen LogP contribution in [0.4, 0.5) is 27.5 Å². The van der Waals surface area contributed by atoms with Crippen molar-refractivity contribution in [2.75, 3.05) is 10.6 Å². The number of fused-ring (bicyclic) bond motifs is 1. The second-order valence-corrected chi connectivity index (χ2v) is 8.45. The van der Waals surface area contributed by atoms with Gasteiger partial charge in [0.15, 0.2) is 11.1 Å². The summed E-state index contributed by atoms with van der Waals surface area (Å²) in [5.41, 5.74) is -0.805. The second kappa shape index (κ2) is 10.4. The summed E-state index contributed by atoms with van der Waals surface area (Å²) in [5.74, 6) is -1.43. The van der Waals surface area contributed by atoms with Gasteiger partial charge in [0.05, 0.1) is 27.5 Å². The number of para-hydroxylation sites is 1. The number of nitro benzene ring substituents is 1. The van der Waals surface area contributed by atoms with Gasteiger partial charge in [0, 0.05) is 29.0 Å². The van der Waals surface area contributed by atoms with Crippen LogP contribution < -0.4 is 16.1 Å². The number of aliphatic imine (C=N–C) groups is 1. The predicted octanol–water partition coefficient (Wildman–Crippen LogP) is 3.41. The highest BCUT2D eigenvalue weighted by Gasteiger charge is 2.30. The lowest BCUT2D eigenvalue weighted by Gasteiger charge is -2.22. The van der Waals surface area contributed by atoms with E-state index < -0.39 is 46.5 Å². The minimum absolute atomic E-state index is 0.0191. The number of carbonyl (C=O) groups excluding carboxylic acids is 2. The lowest BCUT2D eigenvalue weighted by molar-refractivity contribution is -0.384. The molecule has 0 aliphatic carbocycles. The molecule has 1 unspecified atom stereocenters. The molecular weight excluding hydrogens is 554 g/mol. The van der Waals surface area contributed by atoms with Crippen molar-refractivity contribution < 1.29 is 29.2 Å². The largest absolute Gasteiger partial charge is 0.477 e. The van der Waals surface area contributed by atoms with Gasteiger partial charge in [-0.1, -0.05) is 12.1 Å². The SMILES string of the molecule is O=CC1Nc2cc([N+](=O)[O-])c(-n3ccc(=O)c(COC(=O)Nc4ccccc4Br)c3)cc2N=C1C(=O)O. The van der Waals surface area contributed by atoms with E-state index in [2.05, 4.69) is 31.6 Å². The number of aliphatic carboxylic acids is 1. The van der Waals surface area contributed by atoms with Gasteiger partial charge in [-0.2, -0.15) is 0 Å². The normalized spacial score (nSPS) is 14.0. The number of carbonyl (C=O) groups is 3. The van der Waals surface area contributed by atoms with Crippen molar-refractivity contribution in [1.29, 1.82) is 0 Å². The number of halogens is 1. The molecular formula is C23H16BrN5O8. The molecule has 2 heterocycles. The summed E-state index contributed by atoms with van der Waals surface area (Å²) >= 11 is 3.29. The maximum absolute atomic E-state index is 12.4. The molecule has 13 nitrogen and oxygen atoms in total. The van der Waals surface area contributed by atoms with Crippen molar-refractivity contribution >= 4 is 62.7 Å². The van der Waals surface area contributed by atoms with Gasteiger partial charge in [-0.25, -0.2) is 14.6 Å². The van der Waals surface area contributed by atoms with Crippen molar-refractivity contribution in [3.8, 4) is 5.69 Å². The van der Waals surface area contributed by atoms with Gasteiger partial charge in [0.25, 0.3) is 5.69 Å². The van der Waals surface area contributed by atoms with Crippen LogP contribution in [0.3, 0.4) is 0 Å². The number of aldehydes is 1. The highest BCUT2D eigenvalue weighted by atomic mass is 79.9. The van der Waals surface area contributed by atoms with Crippen LogP contribution in [0.1, 0.15) is 5.56 Å². The fourth-order valence-corrected chi connectivity index (χ4v) is 3.87. The van der Waals surface area contributed by atoms with Crippen LogP contribution in [0.25, 0.3) is 5.69 Å². The van der Waals surface area contributed by atoms with Crippen molar-refractivity contribution in [3.63, 3.8) is 0 Å². The summed E-state index contributed by atoms with van der Waals surface area (Å²) < 4.78 is 7.02. The average molecular weight is 570 g/mol. The molecule has 0 saturated heterocycles. The fourth-order valence-electron chi connectivity index (χ4n) is 3.48. The molecule has 1 amide bonds. The molecule has 1 aromatic heterocycles.